The summed E-state index contributed by atoms with van der Waals surface area (Å²) in [6, 6.07) is 10.7. The van der Waals surface area contributed by atoms with Crippen LogP contribution in [0.2, 0.25) is 10.0 Å². The Bertz CT molecular complexity index is 701. The van der Waals surface area contributed by atoms with Crippen LogP contribution in [0.25, 0.3) is 0 Å². The molecule has 1 N–H and O–H groups in total. The van der Waals surface area contributed by atoms with Gasteiger partial charge in [-0.2, -0.15) is 0 Å². The number of amides is 1. The number of carbonyl (C=O) groups is 1. The van der Waals surface area contributed by atoms with Gasteiger partial charge in [-0.3, -0.25) is 4.79 Å². The second kappa shape index (κ2) is 7.03. The molecular formula is C17H17Cl2NO2. The quantitative estimate of drug-likeness (QED) is 0.850. The molecule has 2 aromatic rings. The van der Waals surface area contributed by atoms with E-state index in [4.69, 9.17) is 27.9 Å². The van der Waals surface area contributed by atoms with Gasteiger partial charge in [-0.05, 0) is 62.2 Å². The number of rotatable bonds is 4. The second-order valence-corrected chi connectivity index (χ2v) is 5.97. The molecule has 1 amide bonds. The molecule has 2 aromatic carbocycles. The van der Waals surface area contributed by atoms with Gasteiger partial charge in [0.15, 0.2) is 6.10 Å². The first kappa shape index (κ1) is 16.7. The zero-order valence-corrected chi connectivity index (χ0v) is 14.1. The fraction of sp³-hybridized carbons (Fsp3) is 0.235. The molecule has 0 bridgehead atoms. The number of aryl methyl sites for hydroxylation is 2. The summed E-state index contributed by atoms with van der Waals surface area (Å²) < 4.78 is 5.68. The summed E-state index contributed by atoms with van der Waals surface area (Å²) in [4.78, 5) is 12.2. The highest BCUT2D eigenvalue weighted by atomic mass is 35.5. The Labute approximate surface area is 140 Å². The molecule has 0 aromatic heterocycles. The fourth-order valence-electron chi connectivity index (χ4n) is 1.90. The van der Waals surface area contributed by atoms with Crippen molar-refractivity contribution < 1.29 is 9.53 Å². The van der Waals surface area contributed by atoms with Gasteiger partial charge in [-0.15, -0.1) is 0 Å². The molecule has 1 unspecified atom stereocenters. The summed E-state index contributed by atoms with van der Waals surface area (Å²) in [7, 11) is 0. The van der Waals surface area contributed by atoms with Crippen LogP contribution < -0.4 is 10.1 Å². The van der Waals surface area contributed by atoms with Crippen LogP contribution in [0.5, 0.6) is 5.75 Å². The SMILES string of the molecule is Cc1ccc(NC(=O)C(C)Oc2ccc(Cl)cc2C)cc1Cl. The molecule has 0 saturated heterocycles. The predicted octanol–water partition coefficient (Wildman–Crippen LogP) is 5.02. The minimum absolute atomic E-state index is 0.241. The van der Waals surface area contributed by atoms with E-state index >= 15 is 0 Å². The van der Waals surface area contributed by atoms with Gasteiger partial charge < -0.3 is 10.1 Å². The average molecular weight is 338 g/mol. The van der Waals surface area contributed by atoms with Crippen LogP contribution in [0.1, 0.15) is 18.1 Å². The molecule has 5 heteroatoms. The number of carbonyl (C=O) groups excluding carboxylic acids is 1. The number of hydrogen-bond acceptors (Lipinski definition) is 2. The number of anilines is 1. The first-order valence-electron chi connectivity index (χ1n) is 6.86. The summed E-state index contributed by atoms with van der Waals surface area (Å²) in [5, 5.41) is 4.03. The van der Waals surface area contributed by atoms with Crippen LogP contribution in [0.3, 0.4) is 0 Å². The maximum atomic E-state index is 12.2. The normalized spacial score (nSPS) is 11.9. The zero-order valence-electron chi connectivity index (χ0n) is 12.6. The van der Waals surface area contributed by atoms with Crippen molar-refractivity contribution >= 4 is 34.8 Å². The average Bonchev–Trinajstić information content (AvgIpc) is 2.45. The molecule has 0 radical (unpaired) electrons. The van der Waals surface area contributed by atoms with Gasteiger partial charge in [0, 0.05) is 15.7 Å². The number of benzene rings is 2. The van der Waals surface area contributed by atoms with Gasteiger partial charge in [0.1, 0.15) is 5.75 Å². The van der Waals surface area contributed by atoms with E-state index in [9.17, 15) is 4.79 Å². The van der Waals surface area contributed by atoms with Crippen molar-refractivity contribution in [2.45, 2.75) is 26.9 Å². The van der Waals surface area contributed by atoms with Crippen LogP contribution in [-0.4, -0.2) is 12.0 Å². The Balaban J connectivity index is 2.04. The molecule has 0 aliphatic rings. The summed E-state index contributed by atoms with van der Waals surface area (Å²) in [6.07, 6.45) is -0.639. The molecule has 3 nitrogen and oxygen atoms in total. The topological polar surface area (TPSA) is 38.3 Å². The lowest BCUT2D eigenvalue weighted by molar-refractivity contribution is -0.122. The molecular weight excluding hydrogens is 321 g/mol. The first-order chi connectivity index (χ1) is 10.4. The summed E-state index contributed by atoms with van der Waals surface area (Å²) in [5.41, 5.74) is 2.48. The third kappa shape index (κ3) is 4.15. The van der Waals surface area contributed by atoms with Crippen LogP contribution in [0, 0.1) is 13.8 Å². The monoisotopic (exact) mass is 337 g/mol. The van der Waals surface area contributed by atoms with Crippen molar-refractivity contribution in [2.24, 2.45) is 0 Å². The predicted molar refractivity (Wildman–Crippen MR) is 91.1 cm³/mol. The van der Waals surface area contributed by atoms with Gasteiger partial charge in [0.25, 0.3) is 5.91 Å². The smallest absolute Gasteiger partial charge is 0.265 e. The van der Waals surface area contributed by atoms with Crippen molar-refractivity contribution in [1.82, 2.24) is 0 Å². The molecule has 1 atom stereocenters. The zero-order chi connectivity index (χ0) is 16.3. The van der Waals surface area contributed by atoms with E-state index in [1.54, 1.807) is 37.3 Å². The Morgan fingerprint density at radius 3 is 2.45 bits per heavy atom. The Hall–Kier alpha value is -1.71. The van der Waals surface area contributed by atoms with Crippen molar-refractivity contribution in [3.05, 3.63) is 57.6 Å². The number of halogens is 2. The summed E-state index contributed by atoms with van der Waals surface area (Å²) >= 11 is 12.0. The lowest BCUT2D eigenvalue weighted by Crippen LogP contribution is -2.30. The minimum atomic E-state index is -0.639. The van der Waals surface area contributed by atoms with Crippen LogP contribution in [0.4, 0.5) is 5.69 Å². The van der Waals surface area contributed by atoms with Gasteiger partial charge in [0.05, 0.1) is 0 Å². The number of nitrogens with one attached hydrogen (secondary N) is 1. The molecule has 0 aliphatic carbocycles. The first-order valence-corrected chi connectivity index (χ1v) is 7.62. The van der Waals surface area contributed by atoms with Gasteiger partial charge in [-0.25, -0.2) is 0 Å². The van der Waals surface area contributed by atoms with Crippen LogP contribution in [0.15, 0.2) is 36.4 Å². The van der Waals surface area contributed by atoms with E-state index in [2.05, 4.69) is 5.32 Å². The van der Waals surface area contributed by atoms with Gasteiger partial charge >= 0.3 is 0 Å². The van der Waals surface area contributed by atoms with E-state index in [1.807, 2.05) is 19.9 Å². The summed E-state index contributed by atoms with van der Waals surface area (Å²) in [5.74, 6) is 0.392. The standard InChI is InChI=1S/C17H17Cl2NO2/c1-10-4-6-14(9-15(10)19)20-17(21)12(3)22-16-7-5-13(18)8-11(16)2/h4-9,12H,1-3H3,(H,20,21). The Morgan fingerprint density at radius 1 is 1.09 bits per heavy atom. The molecule has 0 heterocycles. The van der Waals surface area contributed by atoms with Crippen molar-refractivity contribution in [3.63, 3.8) is 0 Å². The molecule has 0 saturated carbocycles. The molecule has 22 heavy (non-hydrogen) atoms. The maximum absolute atomic E-state index is 12.2. The molecule has 2 rings (SSSR count). The van der Waals surface area contributed by atoms with E-state index in [1.165, 1.54) is 0 Å². The minimum Gasteiger partial charge on any atom is -0.481 e. The second-order valence-electron chi connectivity index (χ2n) is 5.12. The van der Waals surface area contributed by atoms with E-state index in [-0.39, 0.29) is 5.91 Å². The fourth-order valence-corrected chi connectivity index (χ4v) is 2.31. The lowest BCUT2D eigenvalue weighted by Gasteiger charge is -2.16. The Kier molecular flexibility index (Phi) is 5.33. The third-order valence-electron chi connectivity index (χ3n) is 3.25. The van der Waals surface area contributed by atoms with Crippen LogP contribution >= 0.6 is 23.2 Å². The van der Waals surface area contributed by atoms with Crippen molar-refractivity contribution in [2.75, 3.05) is 5.32 Å². The van der Waals surface area contributed by atoms with Crippen molar-refractivity contribution in [3.8, 4) is 5.75 Å². The largest absolute Gasteiger partial charge is 0.481 e. The van der Waals surface area contributed by atoms with Gasteiger partial charge in [0.2, 0.25) is 0 Å². The summed E-state index contributed by atoms with van der Waals surface area (Å²) in [6.45, 7) is 5.48. The number of hydrogen-bond donors (Lipinski definition) is 1. The highest BCUT2D eigenvalue weighted by molar-refractivity contribution is 6.31. The van der Waals surface area contributed by atoms with Crippen molar-refractivity contribution in [1.29, 1.82) is 0 Å². The van der Waals surface area contributed by atoms with Gasteiger partial charge in [-0.1, -0.05) is 29.3 Å². The highest BCUT2D eigenvalue weighted by Gasteiger charge is 2.16. The number of ether oxygens (including phenoxy) is 1. The molecule has 116 valence electrons. The van der Waals surface area contributed by atoms with E-state index in [0.717, 1.165) is 11.1 Å². The molecule has 0 fully saturated rings. The maximum Gasteiger partial charge on any atom is 0.265 e. The third-order valence-corrected chi connectivity index (χ3v) is 3.89. The lowest BCUT2D eigenvalue weighted by atomic mass is 10.2. The van der Waals surface area contributed by atoms with E-state index < -0.39 is 6.10 Å². The van der Waals surface area contributed by atoms with Crippen LogP contribution in [-0.2, 0) is 4.79 Å². The molecule has 0 spiro atoms. The highest BCUT2D eigenvalue weighted by Crippen LogP contribution is 2.24. The molecule has 0 aliphatic heterocycles. The van der Waals surface area contributed by atoms with E-state index in [0.29, 0.717) is 21.5 Å². The Morgan fingerprint density at radius 2 is 1.82 bits per heavy atom.